The summed E-state index contributed by atoms with van der Waals surface area (Å²) in [7, 11) is 0. The normalized spacial score (nSPS) is 13.3. The highest BCUT2D eigenvalue weighted by Crippen LogP contribution is 2.33. The second kappa shape index (κ2) is 7.97. The van der Waals surface area contributed by atoms with E-state index in [1.165, 1.54) is 22.0 Å². The number of aryl methyl sites for hydroxylation is 2. The fraction of sp³-hybridized carbons (Fsp3) is 0.368. The van der Waals surface area contributed by atoms with Gasteiger partial charge in [-0.3, -0.25) is 19.0 Å². The van der Waals surface area contributed by atoms with Crippen LogP contribution in [0.15, 0.2) is 33.9 Å². The fourth-order valence-corrected chi connectivity index (χ4v) is 4.56. The number of fused-ring (bicyclic) bond motifs is 3. The smallest absolute Gasteiger partial charge is 0.262 e. The van der Waals surface area contributed by atoms with Crippen LogP contribution in [0.25, 0.3) is 10.2 Å². The van der Waals surface area contributed by atoms with E-state index in [2.05, 4.69) is 15.6 Å². The van der Waals surface area contributed by atoms with Crippen molar-refractivity contribution in [1.29, 1.82) is 0 Å². The van der Waals surface area contributed by atoms with Gasteiger partial charge < -0.3 is 15.1 Å². The zero-order valence-corrected chi connectivity index (χ0v) is 16.0. The molecule has 0 atom stereocenters. The number of rotatable bonds is 6. The maximum atomic E-state index is 12.8. The summed E-state index contributed by atoms with van der Waals surface area (Å²) in [5, 5.41) is 5.81. The molecule has 0 aromatic carbocycles. The summed E-state index contributed by atoms with van der Waals surface area (Å²) >= 11 is 1.57. The van der Waals surface area contributed by atoms with E-state index in [0.717, 1.165) is 36.1 Å². The molecule has 1 aliphatic carbocycles. The minimum atomic E-state index is -0.416. The van der Waals surface area contributed by atoms with Crippen LogP contribution in [0, 0.1) is 0 Å². The Labute approximate surface area is 164 Å². The maximum absolute atomic E-state index is 12.8. The molecule has 0 spiro atoms. The zero-order chi connectivity index (χ0) is 19.5. The number of aromatic nitrogens is 2. The van der Waals surface area contributed by atoms with Crippen LogP contribution in [0.5, 0.6) is 0 Å². The number of hydrogen-bond acceptors (Lipinski definition) is 6. The summed E-state index contributed by atoms with van der Waals surface area (Å²) < 4.78 is 6.43. The third kappa shape index (κ3) is 3.84. The lowest BCUT2D eigenvalue weighted by Crippen LogP contribution is -2.39. The van der Waals surface area contributed by atoms with Crippen LogP contribution in [0.2, 0.25) is 0 Å². The van der Waals surface area contributed by atoms with Crippen molar-refractivity contribution in [3.63, 3.8) is 0 Å². The Bertz CT molecular complexity index is 1070. The van der Waals surface area contributed by atoms with Gasteiger partial charge in [0.15, 0.2) is 0 Å². The molecule has 0 aliphatic heterocycles. The van der Waals surface area contributed by atoms with E-state index in [0.29, 0.717) is 11.1 Å². The molecule has 3 aromatic rings. The second-order valence-corrected chi connectivity index (χ2v) is 7.79. The van der Waals surface area contributed by atoms with Crippen LogP contribution in [-0.4, -0.2) is 27.9 Å². The maximum Gasteiger partial charge on any atom is 0.262 e. The molecule has 1 aliphatic rings. The van der Waals surface area contributed by atoms with Crippen LogP contribution in [0.3, 0.4) is 0 Å². The lowest BCUT2D eigenvalue weighted by molar-refractivity contribution is -0.126. The van der Waals surface area contributed by atoms with Crippen molar-refractivity contribution < 1.29 is 14.0 Å². The number of amides is 2. The van der Waals surface area contributed by atoms with Crippen LogP contribution < -0.4 is 16.2 Å². The summed E-state index contributed by atoms with van der Waals surface area (Å²) in [6.07, 6.45) is 7.01. The first-order valence-corrected chi connectivity index (χ1v) is 9.99. The van der Waals surface area contributed by atoms with Crippen molar-refractivity contribution in [1.82, 2.24) is 20.2 Å². The number of carbonyl (C=O) groups is 2. The molecule has 9 heteroatoms. The minimum Gasteiger partial charge on any atom is -0.467 e. The van der Waals surface area contributed by atoms with E-state index in [4.69, 9.17) is 4.42 Å². The molecule has 3 heterocycles. The summed E-state index contributed by atoms with van der Waals surface area (Å²) in [5.41, 5.74) is 0.901. The van der Waals surface area contributed by atoms with Gasteiger partial charge in [-0.2, -0.15) is 0 Å². The number of carbonyl (C=O) groups excluding carboxylic acids is 2. The molecule has 0 bridgehead atoms. The average Bonchev–Trinajstić information content (AvgIpc) is 3.34. The molecule has 0 saturated carbocycles. The van der Waals surface area contributed by atoms with Gasteiger partial charge in [-0.05, 0) is 43.4 Å². The molecule has 3 aromatic heterocycles. The Morgan fingerprint density at radius 3 is 2.89 bits per heavy atom. The molecule has 0 radical (unpaired) electrons. The molecule has 146 valence electrons. The predicted molar refractivity (Wildman–Crippen MR) is 104 cm³/mol. The van der Waals surface area contributed by atoms with Gasteiger partial charge in [0.1, 0.15) is 17.1 Å². The van der Waals surface area contributed by atoms with Gasteiger partial charge in [-0.25, -0.2) is 4.98 Å². The standard InChI is InChI=1S/C19H20N4O4S/c24-15(20-8-12-4-3-7-27-12)9-21-16(25)10-23-11-22-18-17(19(23)26)13-5-1-2-6-14(13)28-18/h3-4,7,11H,1-2,5-6,8-10H2,(H,20,24)(H,21,25). The van der Waals surface area contributed by atoms with E-state index in [1.807, 2.05) is 0 Å². The van der Waals surface area contributed by atoms with Crippen LogP contribution in [0.1, 0.15) is 29.0 Å². The van der Waals surface area contributed by atoms with Crippen molar-refractivity contribution in [2.24, 2.45) is 0 Å². The van der Waals surface area contributed by atoms with Gasteiger partial charge in [-0.15, -0.1) is 11.3 Å². The van der Waals surface area contributed by atoms with Crippen molar-refractivity contribution >= 4 is 33.4 Å². The Morgan fingerprint density at radius 1 is 1.21 bits per heavy atom. The molecule has 28 heavy (non-hydrogen) atoms. The van der Waals surface area contributed by atoms with E-state index >= 15 is 0 Å². The van der Waals surface area contributed by atoms with Crippen molar-refractivity contribution in [2.45, 2.75) is 38.8 Å². The highest BCUT2D eigenvalue weighted by Gasteiger charge is 2.20. The average molecular weight is 400 g/mol. The molecule has 0 saturated heterocycles. The Kier molecular flexibility index (Phi) is 5.25. The van der Waals surface area contributed by atoms with E-state index in [1.54, 1.807) is 23.5 Å². The fourth-order valence-electron chi connectivity index (χ4n) is 3.34. The van der Waals surface area contributed by atoms with Crippen molar-refractivity contribution in [3.8, 4) is 0 Å². The quantitative estimate of drug-likeness (QED) is 0.650. The third-order valence-electron chi connectivity index (χ3n) is 4.74. The zero-order valence-electron chi connectivity index (χ0n) is 15.2. The molecule has 0 unspecified atom stereocenters. The highest BCUT2D eigenvalue weighted by molar-refractivity contribution is 7.18. The molecule has 4 rings (SSSR count). The van der Waals surface area contributed by atoms with Crippen LogP contribution in [-0.2, 0) is 35.5 Å². The monoisotopic (exact) mass is 400 g/mol. The lowest BCUT2D eigenvalue weighted by Gasteiger charge is -2.10. The first kappa shape index (κ1) is 18.4. The molecular formula is C19H20N4O4S. The number of nitrogens with one attached hydrogen (secondary N) is 2. The van der Waals surface area contributed by atoms with Crippen molar-refractivity contribution in [2.75, 3.05) is 6.54 Å². The highest BCUT2D eigenvalue weighted by atomic mass is 32.1. The minimum absolute atomic E-state index is 0.169. The number of thiophene rings is 1. The predicted octanol–water partition coefficient (Wildman–Crippen LogP) is 1.36. The third-order valence-corrected chi connectivity index (χ3v) is 5.94. The van der Waals surface area contributed by atoms with Gasteiger partial charge >= 0.3 is 0 Å². The summed E-state index contributed by atoms with van der Waals surface area (Å²) in [5.74, 6) is -0.122. The van der Waals surface area contributed by atoms with Gasteiger partial charge in [0, 0.05) is 4.88 Å². The number of nitrogens with zero attached hydrogens (tertiary/aromatic N) is 2. The summed E-state index contributed by atoms with van der Waals surface area (Å²) in [6, 6.07) is 3.48. The molecule has 2 N–H and O–H groups in total. The van der Waals surface area contributed by atoms with Gasteiger partial charge in [0.25, 0.3) is 5.56 Å². The summed E-state index contributed by atoms with van der Waals surface area (Å²) in [6.45, 7) is -0.0827. The van der Waals surface area contributed by atoms with Crippen molar-refractivity contribution in [3.05, 3.63) is 51.3 Å². The second-order valence-electron chi connectivity index (χ2n) is 6.70. The number of hydrogen-bond donors (Lipinski definition) is 2. The first-order chi connectivity index (χ1) is 13.6. The van der Waals surface area contributed by atoms with Gasteiger partial charge in [0.2, 0.25) is 11.8 Å². The van der Waals surface area contributed by atoms with E-state index in [9.17, 15) is 14.4 Å². The summed E-state index contributed by atoms with van der Waals surface area (Å²) in [4.78, 5) is 43.2. The topological polar surface area (TPSA) is 106 Å². The number of furan rings is 1. The molecule has 2 amide bonds. The Hall–Kier alpha value is -2.94. The van der Waals surface area contributed by atoms with E-state index < -0.39 is 5.91 Å². The van der Waals surface area contributed by atoms with Gasteiger partial charge in [-0.1, -0.05) is 0 Å². The molecule has 8 nitrogen and oxygen atoms in total. The molecular weight excluding hydrogens is 380 g/mol. The Balaban J connectivity index is 1.37. The van der Waals surface area contributed by atoms with Crippen LogP contribution >= 0.6 is 11.3 Å². The lowest BCUT2D eigenvalue weighted by atomic mass is 9.97. The first-order valence-electron chi connectivity index (χ1n) is 9.17. The van der Waals surface area contributed by atoms with E-state index in [-0.39, 0.29) is 31.1 Å². The van der Waals surface area contributed by atoms with Gasteiger partial charge in [0.05, 0.1) is 31.1 Å². The van der Waals surface area contributed by atoms with Crippen LogP contribution in [0.4, 0.5) is 0 Å². The molecule has 0 fully saturated rings. The SMILES string of the molecule is O=C(CNC(=O)Cn1cnc2sc3c(c2c1=O)CCCC3)NCc1ccco1. The largest absolute Gasteiger partial charge is 0.467 e. The Morgan fingerprint density at radius 2 is 2.07 bits per heavy atom.